The van der Waals surface area contributed by atoms with Crippen molar-refractivity contribution in [2.45, 2.75) is 46.6 Å². The Morgan fingerprint density at radius 2 is 1.87 bits per heavy atom. The first-order valence-electron chi connectivity index (χ1n) is 8.29. The molecule has 1 amide bonds. The van der Waals surface area contributed by atoms with Gasteiger partial charge in [0.25, 0.3) is 5.91 Å². The van der Waals surface area contributed by atoms with Crippen LogP contribution in [0.1, 0.15) is 58.3 Å². The van der Waals surface area contributed by atoms with Crippen LogP contribution in [0.5, 0.6) is 0 Å². The second kappa shape index (κ2) is 7.49. The minimum atomic E-state index is -0.382. The monoisotopic (exact) mass is 318 g/mol. The molecule has 0 bridgehead atoms. The Labute approximate surface area is 137 Å². The van der Waals surface area contributed by atoms with E-state index in [1.165, 1.54) is 6.42 Å². The molecule has 0 unspecified atom stereocenters. The molecule has 1 aromatic heterocycles. The largest absolute Gasteiger partial charge is 0.461 e. The van der Waals surface area contributed by atoms with Crippen molar-refractivity contribution in [3.05, 3.63) is 35.2 Å². The van der Waals surface area contributed by atoms with Crippen molar-refractivity contribution < 1.29 is 14.3 Å². The summed E-state index contributed by atoms with van der Waals surface area (Å²) >= 11 is 0. The summed E-state index contributed by atoms with van der Waals surface area (Å²) in [5.74, 6) is -0.360. The Kier molecular flexibility index (Phi) is 5.64. The van der Waals surface area contributed by atoms with Crippen LogP contribution < -0.4 is 0 Å². The number of esters is 1. The maximum absolute atomic E-state index is 12.9. The molecule has 0 radical (unpaired) electrons. The van der Waals surface area contributed by atoms with Gasteiger partial charge in [-0.2, -0.15) is 0 Å². The summed E-state index contributed by atoms with van der Waals surface area (Å²) in [6.45, 7) is 11.6. The zero-order valence-electron chi connectivity index (χ0n) is 14.4. The standard InChI is InChI=1S/C18H26N2O3/c1-5-10-20-14(4)15(13(3)16(20)18(22)23-6-2)17(21)19-11-8-7-9-12-19/h5H,1,6-12H2,2-4H3. The van der Waals surface area contributed by atoms with Gasteiger partial charge in [-0.25, -0.2) is 4.79 Å². The molecule has 5 nitrogen and oxygen atoms in total. The molecule has 23 heavy (non-hydrogen) atoms. The zero-order chi connectivity index (χ0) is 17.0. The van der Waals surface area contributed by atoms with Crippen molar-refractivity contribution in [2.24, 2.45) is 0 Å². The van der Waals surface area contributed by atoms with Crippen LogP contribution in [-0.2, 0) is 11.3 Å². The lowest BCUT2D eigenvalue weighted by Crippen LogP contribution is -2.36. The SMILES string of the molecule is C=CCn1c(C)c(C(=O)N2CCCCC2)c(C)c1C(=O)OCC. The van der Waals surface area contributed by atoms with E-state index in [2.05, 4.69) is 6.58 Å². The summed E-state index contributed by atoms with van der Waals surface area (Å²) in [4.78, 5) is 27.1. The van der Waals surface area contributed by atoms with Crippen molar-refractivity contribution in [3.8, 4) is 0 Å². The van der Waals surface area contributed by atoms with Gasteiger partial charge in [0.05, 0.1) is 12.2 Å². The first kappa shape index (κ1) is 17.3. The first-order chi connectivity index (χ1) is 11.0. The van der Waals surface area contributed by atoms with Crippen LogP contribution in [0.3, 0.4) is 0 Å². The van der Waals surface area contributed by atoms with Crippen LogP contribution in [0, 0.1) is 13.8 Å². The second-order valence-electron chi connectivity index (χ2n) is 5.91. The van der Waals surface area contributed by atoms with Crippen molar-refractivity contribution in [3.63, 3.8) is 0 Å². The molecule has 1 aliphatic rings. The molecule has 0 aliphatic carbocycles. The third-order valence-corrected chi connectivity index (χ3v) is 4.40. The van der Waals surface area contributed by atoms with Crippen molar-refractivity contribution in [1.29, 1.82) is 0 Å². The van der Waals surface area contributed by atoms with Crippen LogP contribution in [0.15, 0.2) is 12.7 Å². The van der Waals surface area contributed by atoms with Gasteiger partial charge >= 0.3 is 5.97 Å². The van der Waals surface area contributed by atoms with E-state index in [1.807, 2.05) is 23.3 Å². The number of aromatic nitrogens is 1. The third kappa shape index (κ3) is 3.33. The van der Waals surface area contributed by atoms with Crippen LogP contribution in [0.25, 0.3) is 0 Å². The summed E-state index contributed by atoms with van der Waals surface area (Å²) in [7, 11) is 0. The molecule has 1 aliphatic heterocycles. The summed E-state index contributed by atoms with van der Waals surface area (Å²) in [5, 5.41) is 0. The van der Waals surface area contributed by atoms with Gasteiger partial charge in [0.2, 0.25) is 0 Å². The third-order valence-electron chi connectivity index (χ3n) is 4.40. The molecular weight excluding hydrogens is 292 g/mol. The maximum Gasteiger partial charge on any atom is 0.355 e. The van der Waals surface area contributed by atoms with Gasteiger partial charge in [0, 0.05) is 25.3 Å². The number of hydrogen-bond acceptors (Lipinski definition) is 3. The van der Waals surface area contributed by atoms with Crippen molar-refractivity contribution in [1.82, 2.24) is 9.47 Å². The Morgan fingerprint density at radius 1 is 1.22 bits per heavy atom. The molecule has 1 saturated heterocycles. The molecular formula is C18H26N2O3. The fraction of sp³-hybridized carbons (Fsp3) is 0.556. The predicted octanol–water partition coefficient (Wildman–Crippen LogP) is 3.09. The maximum atomic E-state index is 12.9. The molecule has 0 atom stereocenters. The number of carbonyl (C=O) groups excluding carboxylic acids is 2. The molecule has 126 valence electrons. The highest BCUT2D eigenvalue weighted by molar-refractivity contribution is 6.01. The van der Waals surface area contributed by atoms with E-state index in [1.54, 1.807) is 13.0 Å². The van der Waals surface area contributed by atoms with Crippen LogP contribution in [0.2, 0.25) is 0 Å². The average molecular weight is 318 g/mol. The Balaban J connectivity index is 2.46. The molecule has 2 rings (SSSR count). The zero-order valence-corrected chi connectivity index (χ0v) is 14.4. The summed E-state index contributed by atoms with van der Waals surface area (Å²) in [5.41, 5.74) is 2.61. The molecule has 1 aromatic rings. The van der Waals surface area contributed by atoms with E-state index < -0.39 is 0 Å². The van der Waals surface area contributed by atoms with E-state index in [4.69, 9.17) is 4.74 Å². The topological polar surface area (TPSA) is 51.5 Å². The molecule has 5 heteroatoms. The number of rotatable bonds is 5. The highest BCUT2D eigenvalue weighted by Gasteiger charge is 2.29. The second-order valence-corrected chi connectivity index (χ2v) is 5.91. The molecule has 0 saturated carbocycles. The normalized spacial score (nSPS) is 14.7. The van der Waals surface area contributed by atoms with Gasteiger partial charge in [0.15, 0.2) is 0 Å². The van der Waals surface area contributed by atoms with E-state index >= 15 is 0 Å². The van der Waals surface area contributed by atoms with Crippen LogP contribution in [0.4, 0.5) is 0 Å². The lowest BCUT2D eigenvalue weighted by atomic mass is 10.1. The summed E-state index contributed by atoms with van der Waals surface area (Å²) in [6.07, 6.45) is 4.99. The summed E-state index contributed by atoms with van der Waals surface area (Å²) < 4.78 is 7.00. The molecule has 0 aromatic carbocycles. The molecule has 2 heterocycles. The predicted molar refractivity (Wildman–Crippen MR) is 89.8 cm³/mol. The fourth-order valence-corrected chi connectivity index (χ4v) is 3.29. The molecule has 1 fully saturated rings. The summed E-state index contributed by atoms with van der Waals surface area (Å²) in [6, 6.07) is 0. The number of nitrogens with zero attached hydrogens (tertiary/aromatic N) is 2. The first-order valence-corrected chi connectivity index (χ1v) is 8.29. The number of carbonyl (C=O) groups is 2. The number of ether oxygens (including phenoxy) is 1. The van der Waals surface area contributed by atoms with E-state index in [0.717, 1.165) is 31.6 Å². The Bertz CT molecular complexity index is 610. The quantitative estimate of drug-likeness (QED) is 0.619. The van der Waals surface area contributed by atoms with E-state index in [-0.39, 0.29) is 11.9 Å². The van der Waals surface area contributed by atoms with Crippen LogP contribution >= 0.6 is 0 Å². The van der Waals surface area contributed by atoms with Crippen molar-refractivity contribution in [2.75, 3.05) is 19.7 Å². The van der Waals surface area contributed by atoms with Gasteiger partial charge in [-0.05, 0) is 45.6 Å². The van der Waals surface area contributed by atoms with Crippen LogP contribution in [-0.4, -0.2) is 41.0 Å². The highest BCUT2D eigenvalue weighted by Crippen LogP contribution is 2.26. The van der Waals surface area contributed by atoms with Gasteiger partial charge < -0.3 is 14.2 Å². The van der Waals surface area contributed by atoms with Gasteiger partial charge in [-0.3, -0.25) is 4.79 Å². The average Bonchev–Trinajstić information content (AvgIpc) is 2.79. The van der Waals surface area contributed by atoms with E-state index in [9.17, 15) is 9.59 Å². The lowest BCUT2D eigenvalue weighted by molar-refractivity contribution is 0.0513. The van der Waals surface area contributed by atoms with E-state index in [0.29, 0.717) is 30.0 Å². The number of hydrogen-bond donors (Lipinski definition) is 0. The minimum absolute atomic E-state index is 0.0214. The molecule has 0 spiro atoms. The van der Waals surface area contributed by atoms with Gasteiger partial charge in [-0.15, -0.1) is 6.58 Å². The minimum Gasteiger partial charge on any atom is -0.461 e. The number of piperidine rings is 1. The Hall–Kier alpha value is -2.04. The van der Waals surface area contributed by atoms with Gasteiger partial charge in [-0.1, -0.05) is 6.08 Å². The fourth-order valence-electron chi connectivity index (χ4n) is 3.29. The number of likely N-dealkylation sites (tertiary alicyclic amines) is 1. The smallest absolute Gasteiger partial charge is 0.355 e. The lowest BCUT2D eigenvalue weighted by Gasteiger charge is -2.27. The molecule has 0 N–H and O–H groups in total. The number of amides is 1. The highest BCUT2D eigenvalue weighted by atomic mass is 16.5. The van der Waals surface area contributed by atoms with Gasteiger partial charge in [0.1, 0.15) is 5.69 Å². The van der Waals surface area contributed by atoms with Crippen molar-refractivity contribution >= 4 is 11.9 Å². The Morgan fingerprint density at radius 3 is 2.43 bits per heavy atom. The number of allylic oxidation sites excluding steroid dienone is 1.